The molecule has 1 aromatic carbocycles. The van der Waals surface area contributed by atoms with Gasteiger partial charge >= 0.3 is 0 Å². The average molecular weight is 426 g/mol. The third kappa shape index (κ3) is 4.06. The van der Waals surface area contributed by atoms with E-state index in [2.05, 4.69) is 0 Å². The Morgan fingerprint density at radius 3 is 1.90 bits per heavy atom. The minimum Gasteiger partial charge on any atom is -0.465 e. The summed E-state index contributed by atoms with van der Waals surface area (Å²) in [6.45, 7) is -0.111. The SMILES string of the molecule is O=C1S/C(=C/c2ccccc2)C(=O)N1CCN1C(=O)S/C(=C/c2ccco2)C1=O. The lowest BCUT2D eigenvalue weighted by Crippen LogP contribution is -2.39. The minimum absolute atomic E-state index is 0.0527. The second-order valence-electron chi connectivity index (χ2n) is 6.09. The lowest BCUT2D eigenvalue weighted by Gasteiger charge is -2.17. The number of amides is 4. The number of benzene rings is 1. The van der Waals surface area contributed by atoms with Gasteiger partial charge < -0.3 is 4.42 Å². The monoisotopic (exact) mass is 426 g/mol. The van der Waals surface area contributed by atoms with Crippen LogP contribution >= 0.6 is 23.5 Å². The van der Waals surface area contributed by atoms with Crippen LogP contribution in [0.3, 0.4) is 0 Å². The highest BCUT2D eigenvalue weighted by molar-refractivity contribution is 8.18. The molecule has 0 aliphatic carbocycles. The molecular weight excluding hydrogens is 412 g/mol. The maximum Gasteiger partial charge on any atom is 0.293 e. The molecule has 2 aliphatic rings. The van der Waals surface area contributed by atoms with E-state index in [1.807, 2.05) is 30.3 Å². The van der Waals surface area contributed by atoms with Gasteiger partial charge in [-0.25, -0.2) is 0 Å². The molecule has 2 fully saturated rings. The van der Waals surface area contributed by atoms with Gasteiger partial charge in [0.15, 0.2) is 0 Å². The third-order valence-electron chi connectivity index (χ3n) is 4.21. The normalized spacial score (nSPS) is 20.0. The molecule has 7 nitrogen and oxygen atoms in total. The van der Waals surface area contributed by atoms with Gasteiger partial charge in [-0.2, -0.15) is 0 Å². The fraction of sp³-hybridized carbons (Fsp3) is 0.100. The maximum atomic E-state index is 12.6. The molecule has 0 radical (unpaired) electrons. The van der Waals surface area contributed by atoms with Crippen molar-refractivity contribution in [3.8, 4) is 0 Å². The Morgan fingerprint density at radius 1 is 0.759 bits per heavy atom. The topological polar surface area (TPSA) is 87.9 Å². The molecule has 0 bridgehead atoms. The number of hydrogen-bond donors (Lipinski definition) is 0. The van der Waals surface area contributed by atoms with Crippen LogP contribution in [-0.4, -0.2) is 45.2 Å². The van der Waals surface area contributed by atoms with Gasteiger partial charge in [-0.3, -0.25) is 29.0 Å². The van der Waals surface area contributed by atoms with Crippen molar-refractivity contribution < 1.29 is 23.6 Å². The molecule has 0 N–H and O–H groups in total. The summed E-state index contributed by atoms with van der Waals surface area (Å²) >= 11 is 1.65. The van der Waals surface area contributed by atoms with Gasteiger partial charge in [0.05, 0.1) is 16.1 Å². The van der Waals surface area contributed by atoms with Gasteiger partial charge in [0, 0.05) is 19.2 Å². The van der Waals surface area contributed by atoms with Crippen LogP contribution in [0.5, 0.6) is 0 Å². The summed E-state index contributed by atoms with van der Waals surface area (Å²) in [6, 6.07) is 12.6. The van der Waals surface area contributed by atoms with Crippen LogP contribution in [0.4, 0.5) is 9.59 Å². The molecule has 4 amide bonds. The van der Waals surface area contributed by atoms with Crippen LogP contribution < -0.4 is 0 Å². The van der Waals surface area contributed by atoms with Crippen molar-refractivity contribution in [1.29, 1.82) is 0 Å². The van der Waals surface area contributed by atoms with E-state index < -0.39 is 22.3 Å². The van der Waals surface area contributed by atoms with Crippen molar-refractivity contribution >= 4 is 58.0 Å². The van der Waals surface area contributed by atoms with Gasteiger partial charge in [0.25, 0.3) is 22.3 Å². The molecule has 2 saturated heterocycles. The fourth-order valence-electron chi connectivity index (χ4n) is 2.79. The lowest BCUT2D eigenvalue weighted by atomic mass is 10.2. The fourth-order valence-corrected chi connectivity index (χ4v) is 4.50. The molecule has 9 heteroatoms. The lowest BCUT2D eigenvalue weighted by molar-refractivity contribution is -0.125. The van der Waals surface area contributed by atoms with Crippen molar-refractivity contribution in [2.75, 3.05) is 13.1 Å². The summed E-state index contributed by atoms with van der Waals surface area (Å²) in [5, 5.41) is -0.866. The molecule has 1 aromatic heterocycles. The van der Waals surface area contributed by atoms with Crippen LogP contribution in [0.25, 0.3) is 12.2 Å². The predicted octanol–water partition coefficient (Wildman–Crippen LogP) is 4.05. The van der Waals surface area contributed by atoms with Crippen molar-refractivity contribution in [3.05, 3.63) is 69.9 Å². The summed E-state index contributed by atoms with van der Waals surface area (Å²) in [7, 11) is 0. The van der Waals surface area contributed by atoms with Crippen molar-refractivity contribution in [3.63, 3.8) is 0 Å². The highest BCUT2D eigenvalue weighted by Crippen LogP contribution is 2.34. The average Bonchev–Trinajstić information content (AvgIpc) is 3.38. The second-order valence-corrected chi connectivity index (χ2v) is 8.08. The predicted molar refractivity (Wildman–Crippen MR) is 111 cm³/mol. The van der Waals surface area contributed by atoms with Crippen LogP contribution in [0.2, 0.25) is 0 Å². The summed E-state index contributed by atoms with van der Waals surface area (Å²) in [4.78, 5) is 52.1. The van der Waals surface area contributed by atoms with Crippen molar-refractivity contribution in [1.82, 2.24) is 9.80 Å². The number of rotatable bonds is 5. The number of thioether (sulfide) groups is 2. The first-order valence-electron chi connectivity index (χ1n) is 8.62. The Kier molecular flexibility index (Phi) is 5.41. The Labute approximate surface area is 174 Å². The summed E-state index contributed by atoms with van der Waals surface area (Å²) in [6.07, 6.45) is 4.61. The number of imide groups is 2. The third-order valence-corrected chi connectivity index (χ3v) is 6.02. The summed E-state index contributed by atoms with van der Waals surface area (Å²) < 4.78 is 5.17. The van der Waals surface area contributed by atoms with Gasteiger partial charge in [-0.15, -0.1) is 0 Å². The van der Waals surface area contributed by atoms with Gasteiger partial charge in [0.2, 0.25) is 0 Å². The van der Waals surface area contributed by atoms with Gasteiger partial charge in [-0.1, -0.05) is 30.3 Å². The second kappa shape index (κ2) is 8.14. The van der Waals surface area contributed by atoms with E-state index in [0.29, 0.717) is 10.7 Å². The first kappa shape index (κ1) is 19.3. The molecule has 0 spiro atoms. The van der Waals surface area contributed by atoms with Crippen LogP contribution in [0.1, 0.15) is 11.3 Å². The Hall–Kier alpha value is -3.04. The van der Waals surface area contributed by atoms with E-state index in [1.54, 1.807) is 18.2 Å². The van der Waals surface area contributed by atoms with Gasteiger partial charge in [-0.05, 0) is 47.3 Å². The molecule has 3 heterocycles. The molecule has 29 heavy (non-hydrogen) atoms. The van der Waals surface area contributed by atoms with Crippen LogP contribution in [0.15, 0.2) is 63.0 Å². The molecule has 2 aromatic rings. The molecule has 0 saturated carbocycles. The van der Waals surface area contributed by atoms with E-state index in [9.17, 15) is 19.2 Å². The van der Waals surface area contributed by atoms with E-state index in [1.165, 1.54) is 12.3 Å². The highest BCUT2D eigenvalue weighted by atomic mass is 32.2. The van der Waals surface area contributed by atoms with Gasteiger partial charge in [0.1, 0.15) is 5.76 Å². The highest BCUT2D eigenvalue weighted by Gasteiger charge is 2.39. The number of furan rings is 1. The Balaban J connectivity index is 1.43. The molecule has 2 aliphatic heterocycles. The van der Waals surface area contributed by atoms with E-state index in [0.717, 1.165) is 38.9 Å². The number of carbonyl (C=O) groups is 4. The number of hydrogen-bond acceptors (Lipinski definition) is 7. The largest absolute Gasteiger partial charge is 0.465 e. The molecular formula is C20H14N2O5S2. The van der Waals surface area contributed by atoms with E-state index in [4.69, 9.17) is 4.42 Å². The van der Waals surface area contributed by atoms with Crippen LogP contribution in [-0.2, 0) is 9.59 Å². The minimum atomic E-state index is -0.469. The quantitative estimate of drug-likeness (QED) is 0.667. The van der Waals surface area contributed by atoms with E-state index in [-0.39, 0.29) is 18.0 Å². The van der Waals surface area contributed by atoms with Crippen molar-refractivity contribution in [2.24, 2.45) is 0 Å². The smallest absolute Gasteiger partial charge is 0.293 e. The molecule has 0 atom stereocenters. The molecule has 0 unspecified atom stereocenters. The Bertz CT molecular complexity index is 1040. The first-order chi connectivity index (χ1) is 14.0. The molecule has 146 valence electrons. The summed E-state index contributed by atoms with van der Waals surface area (Å²) in [5.74, 6) is -0.433. The first-order valence-corrected chi connectivity index (χ1v) is 10.3. The zero-order valence-electron chi connectivity index (χ0n) is 14.9. The standard InChI is InChI=1S/C20H14N2O5S2/c23-17-15(11-13-5-2-1-3-6-13)28-19(25)21(17)8-9-22-18(24)16(29-20(22)26)12-14-7-4-10-27-14/h1-7,10-12H,8-9H2/b15-11+,16-12+. The zero-order chi connectivity index (χ0) is 20.4. The van der Waals surface area contributed by atoms with Crippen LogP contribution in [0, 0.1) is 0 Å². The summed E-state index contributed by atoms with van der Waals surface area (Å²) in [5.41, 5.74) is 0.812. The zero-order valence-corrected chi connectivity index (χ0v) is 16.6. The Morgan fingerprint density at radius 2 is 1.34 bits per heavy atom. The maximum absolute atomic E-state index is 12.6. The van der Waals surface area contributed by atoms with E-state index >= 15 is 0 Å². The number of nitrogens with zero attached hydrogens (tertiary/aromatic N) is 2. The van der Waals surface area contributed by atoms with Crippen molar-refractivity contribution in [2.45, 2.75) is 0 Å². The number of carbonyl (C=O) groups excluding carboxylic acids is 4. The molecule has 4 rings (SSSR count).